The lowest BCUT2D eigenvalue weighted by atomic mass is 9.95. The van der Waals surface area contributed by atoms with E-state index in [-0.39, 0.29) is 5.41 Å². The third-order valence-electron chi connectivity index (χ3n) is 2.71. The molecule has 0 aromatic carbocycles. The Kier molecular flexibility index (Phi) is 6.17. The fourth-order valence-corrected chi connectivity index (χ4v) is 2.66. The van der Waals surface area contributed by atoms with Gasteiger partial charge in [-0.25, -0.2) is 0 Å². The van der Waals surface area contributed by atoms with Crippen molar-refractivity contribution in [2.24, 2.45) is 0 Å². The van der Waals surface area contributed by atoms with E-state index in [4.69, 9.17) is 5.11 Å². The molecular weight excluding hydrogens is 230 g/mol. The van der Waals surface area contributed by atoms with E-state index in [1.807, 2.05) is 11.3 Å². The Balaban J connectivity index is 2.21. The van der Waals surface area contributed by atoms with Crippen LogP contribution in [-0.4, -0.2) is 18.3 Å². The average molecular weight is 255 g/mol. The van der Waals surface area contributed by atoms with E-state index in [0.717, 1.165) is 32.4 Å². The summed E-state index contributed by atoms with van der Waals surface area (Å²) in [6.07, 6.45) is 3.19. The highest BCUT2D eigenvalue weighted by molar-refractivity contribution is 7.12. The summed E-state index contributed by atoms with van der Waals surface area (Å²) in [5, 5.41) is 12.1. The fraction of sp³-hybridized carbons (Fsp3) is 0.714. The minimum Gasteiger partial charge on any atom is -0.396 e. The van der Waals surface area contributed by atoms with Crippen molar-refractivity contribution in [3.05, 3.63) is 21.9 Å². The SMILES string of the molecule is CC(C)(C)c1ccc(CNCCCCCO)s1. The molecule has 0 aliphatic rings. The largest absolute Gasteiger partial charge is 0.396 e. The molecule has 0 saturated carbocycles. The normalized spacial score (nSPS) is 12.0. The van der Waals surface area contributed by atoms with Gasteiger partial charge >= 0.3 is 0 Å². The van der Waals surface area contributed by atoms with Crippen molar-refractivity contribution in [2.45, 2.75) is 52.0 Å². The maximum atomic E-state index is 8.66. The van der Waals surface area contributed by atoms with Crippen molar-refractivity contribution < 1.29 is 5.11 Å². The van der Waals surface area contributed by atoms with Gasteiger partial charge in [0.05, 0.1) is 0 Å². The van der Waals surface area contributed by atoms with Gasteiger partial charge in [0.15, 0.2) is 0 Å². The van der Waals surface area contributed by atoms with Crippen LogP contribution in [0.15, 0.2) is 12.1 Å². The van der Waals surface area contributed by atoms with Crippen LogP contribution in [0.3, 0.4) is 0 Å². The Hall–Kier alpha value is -0.380. The smallest absolute Gasteiger partial charge is 0.0431 e. The van der Waals surface area contributed by atoms with Crippen LogP contribution in [0, 0.1) is 0 Å². The molecule has 0 aliphatic carbocycles. The van der Waals surface area contributed by atoms with Gasteiger partial charge < -0.3 is 10.4 Å². The number of unbranched alkanes of at least 4 members (excludes halogenated alkanes) is 2. The second-order valence-corrected chi connectivity index (χ2v) is 6.65. The van der Waals surface area contributed by atoms with Gasteiger partial charge in [0.2, 0.25) is 0 Å². The predicted molar refractivity (Wildman–Crippen MR) is 75.7 cm³/mol. The average Bonchev–Trinajstić information content (AvgIpc) is 2.71. The van der Waals surface area contributed by atoms with Gasteiger partial charge in [0, 0.05) is 22.9 Å². The van der Waals surface area contributed by atoms with Crippen LogP contribution < -0.4 is 5.32 Å². The van der Waals surface area contributed by atoms with Crippen molar-refractivity contribution in [3.63, 3.8) is 0 Å². The van der Waals surface area contributed by atoms with Crippen molar-refractivity contribution >= 4 is 11.3 Å². The molecular formula is C14H25NOS. The van der Waals surface area contributed by atoms with Crippen LogP contribution in [0.4, 0.5) is 0 Å². The lowest BCUT2D eigenvalue weighted by molar-refractivity contribution is 0.283. The maximum absolute atomic E-state index is 8.66. The second-order valence-electron chi connectivity index (χ2n) is 5.48. The van der Waals surface area contributed by atoms with E-state index < -0.39 is 0 Å². The van der Waals surface area contributed by atoms with Gasteiger partial charge in [0.25, 0.3) is 0 Å². The Morgan fingerprint density at radius 2 is 1.94 bits per heavy atom. The molecule has 0 atom stereocenters. The molecule has 0 spiro atoms. The molecule has 0 fully saturated rings. The van der Waals surface area contributed by atoms with Gasteiger partial charge in [-0.1, -0.05) is 20.8 Å². The zero-order valence-electron chi connectivity index (χ0n) is 11.3. The summed E-state index contributed by atoms with van der Waals surface area (Å²) in [5.41, 5.74) is 0.268. The number of aliphatic hydroxyl groups excluding tert-OH is 1. The summed E-state index contributed by atoms with van der Waals surface area (Å²) < 4.78 is 0. The van der Waals surface area contributed by atoms with Crippen LogP contribution in [0.1, 0.15) is 49.8 Å². The van der Waals surface area contributed by atoms with Gasteiger partial charge in [-0.15, -0.1) is 11.3 Å². The first-order valence-corrected chi connectivity index (χ1v) is 7.26. The molecule has 2 N–H and O–H groups in total. The Bertz CT molecular complexity index is 314. The molecule has 1 aromatic rings. The minimum atomic E-state index is 0.268. The number of thiophene rings is 1. The number of aliphatic hydroxyl groups is 1. The Labute approximate surface area is 109 Å². The predicted octanol–water partition coefficient (Wildman–Crippen LogP) is 3.30. The summed E-state index contributed by atoms with van der Waals surface area (Å²) in [6, 6.07) is 4.47. The maximum Gasteiger partial charge on any atom is 0.0431 e. The molecule has 0 bridgehead atoms. The van der Waals surface area contributed by atoms with Crippen molar-refractivity contribution in [3.8, 4) is 0 Å². The van der Waals surface area contributed by atoms with Crippen LogP contribution in [0.2, 0.25) is 0 Å². The number of nitrogens with one attached hydrogen (secondary N) is 1. The molecule has 17 heavy (non-hydrogen) atoms. The summed E-state index contributed by atoms with van der Waals surface area (Å²) in [6.45, 7) is 9.10. The number of hydrogen-bond donors (Lipinski definition) is 2. The van der Waals surface area contributed by atoms with Crippen LogP contribution in [0.25, 0.3) is 0 Å². The molecule has 0 radical (unpaired) electrons. The second kappa shape index (κ2) is 7.14. The highest BCUT2D eigenvalue weighted by Crippen LogP contribution is 2.29. The molecule has 0 aliphatic heterocycles. The topological polar surface area (TPSA) is 32.3 Å². The minimum absolute atomic E-state index is 0.268. The Morgan fingerprint density at radius 1 is 1.18 bits per heavy atom. The highest BCUT2D eigenvalue weighted by atomic mass is 32.1. The van der Waals surface area contributed by atoms with Crippen molar-refractivity contribution in [2.75, 3.05) is 13.2 Å². The van der Waals surface area contributed by atoms with Gasteiger partial charge in [0.1, 0.15) is 0 Å². The molecule has 0 amide bonds. The summed E-state index contributed by atoms with van der Waals surface area (Å²) in [4.78, 5) is 2.87. The van der Waals surface area contributed by atoms with E-state index in [0.29, 0.717) is 6.61 Å². The summed E-state index contributed by atoms with van der Waals surface area (Å²) >= 11 is 1.91. The fourth-order valence-electron chi connectivity index (χ4n) is 1.63. The third-order valence-corrected chi connectivity index (χ3v) is 4.22. The highest BCUT2D eigenvalue weighted by Gasteiger charge is 2.15. The molecule has 3 heteroatoms. The molecule has 1 rings (SSSR count). The van der Waals surface area contributed by atoms with E-state index in [9.17, 15) is 0 Å². The quantitative estimate of drug-likeness (QED) is 0.733. The van der Waals surface area contributed by atoms with E-state index in [1.54, 1.807) is 0 Å². The Morgan fingerprint density at radius 3 is 2.53 bits per heavy atom. The third kappa shape index (κ3) is 5.66. The molecule has 98 valence electrons. The standard InChI is InChI=1S/C14H25NOS/c1-14(2,3)13-8-7-12(17-13)11-15-9-5-4-6-10-16/h7-8,15-16H,4-6,9-11H2,1-3H3. The zero-order valence-corrected chi connectivity index (χ0v) is 12.1. The molecule has 0 saturated heterocycles. The van der Waals surface area contributed by atoms with Gasteiger partial charge in [-0.05, 0) is 43.4 Å². The van der Waals surface area contributed by atoms with Crippen molar-refractivity contribution in [1.82, 2.24) is 5.32 Å². The lowest BCUT2D eigenvalue weighted by Gasteiger charge is -2.15. The summed E-state index contributed by atoms with van der Waals surface area (Å²) in [7, 11) is 0. The number of hydrogen-bond acceptors (Lipinski definition) is 3. The molecule has 1 heterocycles. The summed E-state index contributed by atoms with van der Waals surface area (Å²) in [5.74, 6) is 0. The van der Waals surface area contributed by atoms with Crippen LogP contribution >= 0.6 is 11.3 Å². The van der Waals surface area contributed by atoms with Crippen LogP contribution in [-0.2, 0) is 12.0 Å². The zero-order chi connectivity index (χ0) is 12.7. The molecule has 0 unspecified atom stereocenters. The van der Waals surface area contributed by atoms with E-state index >= 15 is 0 Å². The first-order valence-electron chi connectivity index (χ1n) is 6.45. The van der Waals surface area contributed by atoms with Gasteiger partial charge in [-0.3, -0.25) is 0 Å². The van der Waals surface area contributed by atoms with E-state index in [1.165, 1.54) is 9.75 Å². The van der Waals surface area contributed by atoms with E-state index in [2.05, 4.69) is 38.2 Å². The lowest BCUT2D eigenvalue weighted by Crippen LogP contribution is -2.14. The van der Waals surface area contributed by atoms with Crippen molar-refractivity contribution in [1.29, 1.82) is 0 Å². The monoisotopic (exact) mass is 255 g/mol. The molecule has 1 aromatic heterocycles. The van der Waals surface area contributed by atoms with Crippen LogP contribution in [0.5, 0.6) is 0 Å². The first-order chi connectivity index (χ1) is 8.04. The number of rotatable bonds is 7. The van der Waals surface area contributed by atoms with Gasteiger partial charge in [-0.2, -0.15) is 0 Å². The molecule has 2 nitrogen and oxygen atoms in total. The first kappa shape index (κ1) is 14.7.